The predicted molar refractivity (Wildman–Crippen MR) is 98.3 cm³/mol. The third kappa shape index (κ3) is 3.88. The van der Waals surface area contributed by atoms with Crippen molar-refractivity contribution in [3.05, 3.63) is 35.1 Å². The van der Waals surface area contributed by atoms with Crippen LogP contribution in [0.2, 0.25) is 0 Å². The number of esters is 1. The summed E-state index contributed by atoms with van der Waals surface area (Å²) in [6.45, 7) is 6.12. The van der Waals surface area contributed by atoms with E-state index >= 15 is 0 Å². The molecule has 0 atom stereocenters. The minimum absolute atomic E-state index is 0.0854. The van der Waals surface area contributed by atoms with Gasteiger partial charge in [-0.05, 0) is 26.8 Å². The molecule has 0 saturated carbocycles. The molecule has 0 aliphatic heterocycles. The molecule has 0 aliphatic rings. The van der Waals surface area contributed by atoms with Gasteiger partial charge in [-0.1, -0.05) is 0 Å². The minimum Gasteiger partial charge on any atom is -0.466 e. The molecule has 0 unspecified atom stereocenters. The molecular formula is C17H19N5O3S. The molecule has 3 aromatic heterocycles. The van der Waals surface area contributed by atoms with Gasteiger partial charge in [0.25, 0.3) is 5.91 Å². The fourth-order valence-corrected chi connectivity index (χ4v) is 3.12. The highest BCUT2D eigenvalue weighted by Crippen LogP contribution is 2.19. The lowest BCUT2D eigenvalue weighted by Gasteiger charge is -2.06. The van der Waals surface area contributed by atoms with E-state index in [9.17, 15) is 9.59 Å². The standard InChI is InChI=1S/C17H19N5O3S/c1-4-25-14(23)6-13-9-26-17(20-13)21-16(24)12-5-11-8-19-22(10(2)3)15(11)18-7-12/h5,7-10H,4,6H2,1-3H3,(H,20,21,24). The Labute approximate surface area is 154 Å². The molecule has 0 fully saturated rings. The normalized spacial score (nSPS) is 11.1. The average molecular weight is 373 g/mol. The van der Waals surface area contributed by atoms with Crippen LogP contribution in [0.25, 0.3) is 11.0 Å². The Morgan fingerprint density at radius 2 is 2.15 bits per heavy atom. The fraction of sp³-hybridized carbons (Fsp3) is 0.353. The van der Waals surface area contributed by atoms with Gasteiger partial charge in [0.15, 0.2) is 10.8 Å². The number of hydrogen-bond acceptors (Lipinski definition) is 7. The fourth-order valence-electron chi connectivity index (χ4n) is 2.42. The van der Waals surface area contributed by atoms with Gasteiger partial charge in [-0.3, -0.25) is 14.9 Å². The van der Waals surface area contributed by atoms with Gasteiger partial charge in [0, 0.05) is 23.0 Å². The van der Waals surface area contributed by atoms with Crippen LogP contribution in [0.3, 0.4) is 0 Å². The summed E-state index contributed by atoms with van der Waals surface area (Å²) in [5, 5.41) is 9.97. The van der Waals surface area contributed by atoms with Crippen LogP contribution >= 0.6 is 11.3 Å². The van der Waals surface area contributed by atoms with Crippen LogP contribution in [0.15, 0.2) is 23.8 Å². The Kier molecular flexibility index (Phi) is 5.27. The molecule has 3 heterocycles. The summed E-state index contributed by atoms with van der Waals surface area (Å²) in [6.07, 6.45) is 3.30. The number of anilines is 1. The summed E-state index contributed by atoms with van der Waals surface area (Å²) < 4.78 is 6.69. The molecule has 0 aliphatic carbocycles. The summed E-state index contributed by atoms with van der Waals surface area (Å²) in [5.41, 5.74) is 1.72. The zero-order chi connectivity index (χ0) is 18.7. The van der Waals surface area contributed by atoms with Crippen LogP contribution in [-0.2, 0) is 16.0 Å². The Hall–Kier alpha value is -2.81. The van der Waals surface area contributed by atoms with Gasteiger partial charge >= 0.3 is 5.97 Å². The van der Waals surface area contributed by atoms with Crippen LogP contribution in [0.5, 0.6) is 0 Å². The molecule has 3 rings (SSSR count). The molecular weight excluding hydrogens is 354 g/mol. The second-order valence-corrected chi connectivity index (χ2v) is 6.76. The maximum Gasteiger partial charge on any atom is 0.311 e. The number of hydrogen-bond donors (Lipinski definition) is 1. The van der Waals surface area contributed by atoms with Crippen molar-refractivity contribution in [3.63, 3.8) is 0 Å². The first kappa shape index (κ1) is 18.0. The number of fused-ring (bicyclic) bond motifs is 1. The summed E-state index contributed by atoms with van der Waals surface area (Å²) in [4.78, 5) is 32.5. The first-order chi connectivity index (χ1) is 12.5. The van der Waals surface area contributed by atoms with Crippen molar-refractivity contribution in [1.29, 1.82) is 0 Å². The molecule has 26 heavy (non-hydrogen) atoms. The van der Waals surface area contributed by atoms with Crippen molar-refractivity contribution in [2.24, 2.45) is 0 Å². The van der Waals surface area contributed by atoms with E-state index in [1.165, 1.54) is 17.5 Å². The Morgan fingerprint density at radius 1 is 1.35 bits per heavy atom. The van der Waals surface area contributed by atoms with Crippen molar-refractivity contribution >= 4 is 39.4 Å². The number of ether oxygens (including phenoxy) is 1. The number of carbonyl (C=O) groups excluding carboxylic acids is 2. The lowest BCUT2D eigenvalue weighted by Crippen LogP contribution is -2.13. The molecule has 3 aromatic rings. The molecule has 0 radical (unpaired) electrons. The topological polar surface area (TPSA) is 99.0 Å². The Morgan fingerprint density at radius 3 is 2.88 bits per heavy atom. The Bertz CT molecular complexity index is 947. The summed E-state index contributed by atoms with van der Waals surface area (Å²) in [6, 6.07) is 1.93. The number of amides is 1. The van der Waals surface area contributed by atoms with Crippen molar-refractivity contribution in [1.82, 2.24) is 19.7 Å². The number of pyridine rings is 1. The van der Waals surface area contributed by atoms with Crippen molar-refractivity contribution in [2.45, 2.75) is 33.2 Å². The smallest absolute Gasteiger partial charge is 0.311 e. The molecule has 1 amide bonds. The highest BCUT2D eigenvalue weighted by atomic mass is 32.1. The van der Waals surface area contributed by atoms with E-state index in [-0.39, 0.29) is 24.3 Å². The molecule has 9 heteroatoms. The number of thiazole rings is 1. The van der Waals surface area contributed by atoms with Crippen LogP contribution in [-0.4, -0.2) is 38.2 Å². The highest BCUT2D eigenvalue weighted by Gasteiger charge is 2.14. The van der Waals surface area contributed by atoms with E-state index in [0.29, 0.717) is 23.0 Å². The quantitative estimate of drug-likeness (QED) is 0.667. The predicted octanol–water partition coefficient (Wildman–Crippen LogP) is 2.83. The SMILES string of the molecule is CCOC(=O)Cc1csc(NC(=O)c2cnc3c(cnn3C(C)C)c2)n1. The summed E-state index contributed by atoms with van der Waals surface area (Å²) >= 11 is 1.26. The zero-order valence-corrected chi connectivity index (χ0v) is 15.5. The molecule has 0 spiro atoms. The van der Waals surface area contributed by atoms with E-state index in [4.69, 9.17) is 4.74 Å². The van der Waals surface area contributed by atoms with Crippen molar-refractivity contribution < 1.29 is 14.3 Å². The van der Waals surface area contributed by atoms with Gasteiger partial charge in [-0.2, -0.15) is 5.10 Å². The number of rotatable bonds is 6. The van der Waals surface area contributed by atoms with Gasteiger partial charge in [0.05, 0.1) is 30.5 Å². The van der Waals surface area contributed by atoms with E-state index in [2.05, 4.69) is 20.4 Å². The number of nitrogens with one attached hydrogen (secondary N) is 1. The van der Waals surface area contributed by atoms with E-state index in [1.807, 2.05) is 13.8 Å². The largest absolute Gasteiger partial charge is 0.466 e. The number of nitrogens with zero attached hydrogens (tertiary/aromatic N) is 4. The molecule has 0 saturated heterocycles. The maximum absolute atomic E-state index is 12.4. The second kappa shape index (κ2) is 7.61. The van der Waals surface area contributed by atoms with Gasteiger partial charge < -0.3 is 4.74 Å². The van der Waals surface area contributed by atoms with Gasteiger partial charge in [-0.25, -0.2) is 14.6 Å². The van der Waals surface area contributed by atoms with Crippen molar-refractivity contribution in [3.8, 4) is 0 Å². The van der Waals surface area contributed by atoms with Crippen LogP contribution < -0.4 is 5.32 Å². The van der Waals surface area contributed by atoms with E-state index in [1.54, 1.807) is 29.2 Å². The Balaban J connectivity index is 1.71. The zero-order valence-electron chi connectivity index (χ0n) is 14.7. The summed E-state index contributed by atoms with van der Waals surface area (Å²) in [7, 11) is 0. The number of carbonyl (C=O) groups is 2. The minimum atomic E-state index is -0.340. The van der Waals surface area contributed by atoms with Gasteiger partial charge in [0.2, 0.25) is 0 Å². The summed E-state index contributed by atoms with van der Waals surface area (Å²) in [5.74, 6) is -0.652. The first-order valence-corrected chi connectivity index (χ1v) is 9.10. The molecule has 0 aromatic carbocycles. The lowest BCUT2D eigenvalue weighted by molar-refractivity contribution is -0.142. The second-order valence-electron chi connectivity index (χ2n) is 5.90. The monoisotopic (exact) mass is 373 g/mol. The molecule has 0 bridgehead atoms. The average Bonchev–Trinajstić information content (AvgIpc) is 3.21. The highest BCUT2D eigenvalue weighted by molar-refractivity contribution is 7.14. The molecule has 1 N–H and O–H groups in total. The van der Waals surface area contributed by atoms with Crippen LogP contribution in [0.1, 0.15) is 42.9 Å². The first-order valence-electron chi connectivity index (χ1n) is 8.22. The third-order valence-electron chi connectivity index (χ3n) is 3.59. The lowest BCUT2D eigenvalue weighted by atomic mass is 10.2. The van der Waals surface area contributed by atoms with Crippen LogP contribution in [0, 0.1) is 0 Å². The van der Waals surface area contributed by atoms with Crippen molar-refractivity contribution in [2.75, 3.05) is 11.9 Å². The van der Waals surface area contributed by atoms with E-state index in [0.717, 1.165) is 11.0 Å². The molecule has 8 nitrogen and oxygen atoms in total. The van der Waals surface area contributed by atoms with Gasteiger partial charge in [-0.15, -0.1) is 11.3 Å². The number of aromatic nitrogens is 4. The third-order valence-corrected chi connectivity index (χ3v) is 4.39. The van der Waals surface area contributed by atoms with Crippen LogP contribution in [0.4, 0.5) is 5.13 Å². The van der Waals surface area contributed by atoms with E-state index < -0.39 is 0 Å². The van der Waals surface area contributed by atoms with Gasteiger partial charge in [0.1, 0.15) is 0 Å². The molecule has 136 valence electrons. The maximum atomic E-state index is 12.4.